The number of sulfone groups is 1. The Labute approximate surface area is 103 Å². The molecule has 0 saturated carbocycles. The van der Waals surface area contributed by atoms with Crippen LogP contribution in [0.3, 0.4) is 0 Å². The maximum absolute atomic E-state index is 11.4. The van der Waals surface area contributed by atoms with Crippen molar-refractivity contribution in [2.45, 2.75) is 32.9 Å². The lowest BCUT2D eigenvalue weighted by molar-refractivity contribution is 0.548. The molecule has 1 atom stereocenters. The molecule has 0 fully saturated rings. The van der Waals surface area contributed by atoms with Crippen LogP contribution >= 0.6 is 0 Å². The molecular weight excluding hydrogens is 238 g/mol. The summed E-state index contributed by atoms with van der Waals surface area (Å²) in [5.41, 5.74) is 0.936. The van der Waals surface area contributed by atoms with Crippen LogP contribution in [0.1, 0.15) is 31.9 Å². The summed E-state index contributed by atoms with van der Waals surface area (Å²) in [7, 11) is -3.00. The van der Waals surface area contributed by atoms with Crippen molar-refractivity contribution >= 4 is 9.84 Å². The number of nitrogens with zero attached hydrogens (tertiary/aromatic N) is 2. The van der Waals surface area contributed by atoms with E-state index in [1.165, 1.54) is 6.26 Å². The number of hydrogen-bond donors (Lipinski definition) is 1. The molecule has 0 saturated heterocycles. The number of hydrogen-bond acceptors (Lipinski definition) is 4. The highest BCUT2D eigenvalue weighted by atomic mass is 32.2. The van der Waals surface area contributed by atoms with E-state index in [0.29, 0.717) is 0 Å². The zero-order valence-electron chi connectivity index (χ0n) is 10.7. The van der Waals surface area contributed by atoms with Crippen molar-refractivity contribution in [3.63, 3.8) is 0 Å². The number of rotatable bonds is 7. The van der Waals surface area contributed by atoms with Crippen molar-refractivity contribution in [2.24, 2.45) is 0 Å². The monoisotopic (exact) mass is 259 g/mol. The van der Waals surface area contributed by atoms with Crippen LogP contribution in [-0.2, 0) is 16.4 Å². The first-order valence-corrected chi connectivity index (χ1v) is 7.95. The van der Waals surface area contributed by atoms with Crippen LogP contribution in [0.4, 0.5) is 0 Å². The summed E-state index contributed by atoms with van der Waals surface area (Å²) >= 11 is 0. The number of aryl methyl sites for hydroxylation is 1. The average molecular weight is 259 g/mol. The van der Waals surface area contributed by atoms with Crippen LogP contribution in [-0.4, -0.2) is 36.8 Å². The average Bonchev–Trinajstić information content (AvgIpc) is 2.71. The molecule has 0 aliphatic carbocycles. The van der Waals surface area contributed by atoms with Crippen molar-refractivity contribution < 1.29 is 8.42 Å². The second kappa shape index (κ2) is 6.16. The lowest BCUT2D eigenvalue weighted by Crippen LogP contribution is -2.28. The van der Waals surface area contributed by atoms with Crippen molar-refractivity contribution in [3.05, 3.63) is 18.0 Å². The fourth-order valence-corrected chi connectivity index (χ4v) is 2.54. The van der Waals surface area contributed by atoms with Crippen LogP contribution in [0, 0.1) is 0 Å². The Kier molecular flexibility index (Phi) is 5.14. The predicted molar refractivity (Wildman–Crippen MR) is 68.6 cm³/mol. The van der Waals surface area contributed by atoms with Gasteiger partial charge in [0.25, 0.3) is 0 Å². The molecule has 0 bridgehead atoms. The van der Waals surface area contributed by atoms with E-state index in [4.69, 9.17) is 0 Å². The molecule has 1 aromatic heterocycles. The van der Waals surface area contributed by atoms with Crippen molar-refractivity contribution in [1.29, 1.82) is 0 Å². The summed E-state index contributed by atoms with van der Waals surface area (Å²) in [6.07, 6.45) is 5.88. The van der Waals surface area contributed by atoms with Crippen LogP contribution in [0.2, 0.25) is 0 Å². The summed E-state index contributed by atoms with van der Waals surface area (Å²) in [5.74, 6) is 0.113. The third kappa shape index (κ3) is 4.87. The molecule has 0 radical (unpaired) electrons. The summed E-state index contributed by atoms with van der Waals surface area (Å²) in [6.45, 7) is 5.65. The summed E-state index contributed by atoms with van der Waals surface area (Å²) in [4.78, 5) is 0. The summed E-state index contributed by atoms with van der Waals surface area (Å²) in [5, 5.41) is 7.42. The van der Waals surface area contributed by atoms with E-state index in [1.54, 1.807) is 10.9 Å². The minimum absolute atomic E-state index is 0.113. The van der Waals surface area contributed by atoms with E-state index in [2.05, 4.69) is 17.3 Å². The molecule has 0 aromatic carbocycles. The molecule has 1 unspecified atom stereocenters. The smallest absolute Gasteiger partial charge is 0.149 e. The Morgan fingerprint density at radius 2 is 2.18 bits per heavy atom. The maximum atomic E-state index is 11.4. The molecule has 1 aromatic rings. The molecule has 0 aliphatic rings. The lowest BCUT2D eigenvalue weighted by Gasteiger charge is -2.15. The molecule has 17 heavy (non-hydrogen) atoms. The molecule has 1 heterocycles. The highest BCUT2D eigenvalue weighted by molar-refractivity contribution is 7.90. The molecular formula is C11H21N3O2S. The van der Waals surface area contributed by atoms with E-state index in [-0.39, 0.29) is 11.8 Å². The standard InChI is InChI=1S/C11H21N3O2S/c1-4-6-12-11(9-17(3,15)16)10-7-13-14(5-2)8-10/h7-8,11-12H,4-6,9H2,1-3H3. The van der Waals surface area contributed by atoms with Gasteiger partial charge in [0.05, 0.1) is 11.9 Å². The van der Waals surface area contributed by atoms with Gasteiger partial charge in [-0.1, -0.05) is 6.92 Å². The highest BCUT2D eigenvalue weighted by Crippen LogP contribution is 2.14. The van der Waals surface area contributed by atoms with E-state index >= 15 is 0 Å². The Morgan fingerprint density at radius 1 is 1.47 bits per heavy atom. The first-order chi connectivity index (χ1) is 7.96. The fourth-order valence-electron chi connectivity index (χ4n) is 1.63. The van der Waals surface area contributed by atoms with Gasteiger partial charge in [-0.3, -0.25) is 4.68 Å². The van der Waals surface area contributed by atoms with E-state index < -0.39 is 9.84 Å². The van der Waals surface area contributed by atoms with Gasteiger partial charge < -0.3 is 5.32 Å². The van der Waals surface area contributed by atoms with Gasteiger partial charge in [0.15, 0.2) is 0 Å². The quantitative estimate of drug-likeness (QED) is 0.793. The Balaban J connectivity index is 2.81. The number of nitrogens with one attached hydrogen (secondary N) is 1. The zero-order chi connectivity index (χ0) is 12.9. The van der Waals surface area contributed by atoms with Crippen molar-refractivity contribution in [1.82, 2.24) is 15.1 Å². The molecule has 1 rings (SSSR count). The molecule has 0 spiro atoms. The Hall–Kier alpha value is -0.880. The van der Waals surface area contributed by atoms with Crippen molar-refractivity contribution in [2.75, 3.05) is 18.6 Å². The molecule has 6 heteroatoms. The first kappa shape index (κ1) is 14.2. The van der Waals surface area contributed by atoms with Crippen LogP contribution in [0.5, 0.6) is 0 Å². The third-order valence-electron chi connectivity index (χ3n) is 2.49. The SMILES string of the molecule is CCCNC(CS(C)(=O)=O)c1cnn(CC)c1. The Bertz CT molecular complexity index is 439. The molecule has 0 amide bonds. The van der Waals surface area contributed by atoms with E-state index in [9.17, 15) is 8.42 Å². The zero-order valence-corrected chi connectivity index (χ0v) is 11.5. The first-order valence-electron chi connectivity index (χ1n) is 5.89. The topological polar surface area (TPSA) is 64.0 Å². The second-order valence-corrected chi connectivity index (χ2v) is 6.41. The number of aromatic nitrogens is 2. The van der Waals surface area contributed by atoms with Gasteiger partial charge in [0.2, 0.25) is 0 Å². The fraction of sp³-hybridized carbons (Fsp3) is 0.727. The van der Waals surface area contributed by atoms with Crippen LogP contribution < -0.4 is 5.32 Å². The van der Waals surface area contributed by atoms with Gasteiger partial charge in [0, 0.05) is 30.6 Å². The molecule has 0 aliphatic heterocycles. The van der Waals surface area contributed by atoms with E-state index in [0.717, 1.165) is 25.1 Å². The van der Waals surface area contributed by atoms with Crippen LogP contribution in [0.25, 0.3) is 0 Å². The lowest BCUT2D eigenvalue weighted by atomic mass is 10.2. The maximum Gasteiger partial charge on any atom is 0.149 e. The highest BCUT2D eigenvalue weighted by Gasteiger charge is 2.18. The van der Waals surface area contributed by atoms with Gasteiger partial charge in [-0.15, -0.1) is 0 Å². The normalized spacial score (nSPS) is 13.8. The largest absolute Gasteiger partial charge is 0.309 e. The molecule has 98 valence electrons. The van der Waals surface area contributed by atoms with Crippen molar-refractivity contribution in [3.8, 4) is 0 Å². The molecule has 1 N–H and O–H groups in total. The summed E-state index contributed by atoms with van der Waals surface area (Å²) < 4.78 is 24.6. The van der Waals surface area contributed by atoms with Crippen LogP contribution in [0.15, 0.2) is 12.4 Å². The minimum atomic E-state index is -3.00. The predicted octanol–water partition coefficient (Wildman–Crippen LogP) is 0.988. The summed E-state index contributed by atoms with van der Waals surface area (Å²) in [6, 6.07) is -0.162. The third-order valence-corrected chi connectivity index (χ3v) is 3.43. The van der Waals surface area contributed by atoms with Gasteiger partial charge >= 0.3 is 0 Å². The minimum Gasteiger partial charge on any atom is -0.309 e. The second-order valence-electron chi connectivity index (χ2n) is 4.23. The van der Waals surface area contributed by atoms with E-state index in [1.807, 2.05) is 13.1 Å². The molecule has 5 nitrogen and oxygen atoms in total. The van der Waals surface area contributed by atoms with Gasteiger partial charge in [-0.25, -0.2) is 8.42 Å². The van der Waals surface area contributed by atoms with Gasteiger partial charge in [-0.05, 0) is 19.9 Å². The Morgan fingerprint density at radius 3 is 2.65 bits per heavy atom. The van der Waals surface area contributed by atoms with Gasteiger partial charge in [0.1, 0.15) is 9.84 Å². The van der Waals surface area contributed by atoms with Gasteiger partial charge in [-0.2, -0.15) is 5.10 Å².